The van der Waals surface area contributed by atoms with E-state index in [0.717, 1.165) is 6.42 Å². The lowest BCUT2D eigenvalue weighted by Gasteiger charge is -2.12. The average Bonchev–Trinajstić information content (AvgIpc) is 2.66. The summed E-state index contributed by atoms with van der Waals surface area (Å²) in [5.74, 6) is -1.10. The molecule has 0 saturated carbocycles. The first-order chi connectivity index (χ1) is 12.8. The Morgan fingerprint density at radius 1 is 1.07 bits per heavy atom. The minimum Gasteiger partial charge on any atom is -0.452 e. The molecule has 2 aromatic rings. The largest absolute Gasteiger partial charge is 0.452 e. The number of sulfonamides is 1. The number of hydrogen-bond acceptors (Lipinski definition) is 5. The van der Waals surface area contributed by atoms with Crippen molar-refractivity contribution in [2.45, 2.75) is 31.2 Å². The standard InChI is InChI=1S/C19H22N2O5S/c1-3-14(2)20-18(22)13-26-19(23)15-8-7-9-16(12-15)21-27(24,25)17-10-5-4-6-11-17/h4-12,14,21H,3,13H2,1-2H3,(H,20,22)/t14-/m0/s1. The molecule has 27 heavy (non-hydrogen) atoms. The molecule has 1 amide bonds. The summed E-state index contributed by atoms with van der Waals surface area (Å²) in [7, 11) is -3.76. The van der Waals surface area contributed by atoms with Gasteiger partial charge in [0.2, 0.25) is 0 Å². The van der Waals surface area contributed by atoms with E-state index in [1.165, 1.54) is 36.4 Å². The van der Waals surface area contributed by atoms with Gasteiger partial charge in [-0.3, -0.25) is 9.52 Å². The average molecular weight is 390 g/mol. The van der Waals surface area contributed by atoms with E-state index in [4.69, 9.17) is 4.74 Å². The van der Waals surface area contributed by atoms with Crippen molar-refractivity contribution in [3.63, 3.8) is 0 Å². The van der Waals surface area contributed by atoms with Crippen LogP contribution in [0.25, 0.3) is 0 Å². The first-order valence-electron chi connectivity index (χ1n) is 8.46. The zero-order valence-electron chi connectivity index (χ0n) is 15.1. The normalized spacial score (nSPS) is 12.1. The Balaban J connectivity index is 2.02. The summed E-state index contributed by atoms with van der Waals surface area (Å²) in [6.45, 7) is 3.38. The molecular formula is C19H22N2O5S. The highest BCUT2D eigenvalue weighted by Gasteiger charge is 2.16. The van der Waals surface area contributed by atoms with E-state index in [2.05, 4.69) is 10.0 Å². The van der Waals surface area contributed by atoms with Crippen LogP contribution in [0.15, 0.2) is 59.5 Å². The van der Waals surface area contributed by atoms with Gasteiger partial charge in [0.1, 0.15) is 0 Å². The zero-order chi connectivity index (χ0) is 19.9. The van der Waals surface area contributed by atoms with Crippen molar-refractivity contribution >= 4 is 27.6 Å². The highest BCUT2D eigenvalue weighted by Crippen LogP contribution is 2.17. The van der Waals surface area contributed by atoms with Gasteiger partial charge >= 0.3 is 5.97 Å². The lowest BCUT2D eigenvalue weighted by atomic mass is 10.2. The van der Waals surface area contributed by atoms with E-state index in [-0.39, 0.29) is 22.2 Å². The number of nitrogens with one attached hydrogen (secondary N) is 2. The fraction of sp³-hybridized carbons (Fsp3) is 0.263. The number of amides is 1. The Hall–Kier alpha value is -2.87. The molecule has 0 aliphatic heterocycles. The molecule has 0 aliphatic carbocycles. The van der Waals surface area contributed by atoms with Crippen LogP contribution >= 0.6 is 0 Å². The Kier molecular flexibility index (Phi) is 6.95. The van der Waals surface area contributed by atoms with Crippen molar-refractivity contribution in [1.82, 2.24) is 5.32 Å². The van der Waals surface area contributed by atoms with Crippen molar-refractivity contribution in [1.29, 1.82) is 0 Å². The summed E-state index contributed by atoms with van der Waals surface area (Å²) >= 11 is 0. The molecule has 0 radical (unpaired) electrons. The second kappa shape index (κ2) is 9.18. The van der Waals surface area contributed by atoms with Gasteiger partial charge < -0.3 is 10.1 Å². The highest BCUT2D eigenvalue weighted by molar-refractivity contribution is 7.92. The molecule has 0 unspecified atom stereocenters. The maximum absolute atomic E-state index is 12.3. The lowest BCUT2D eigenvalue weighted by molar-refractivity contribution is -0.124. The molecule has 0 aliphatic rings. The fourth-order valence-electron chi connectivity index (χ4n) is 2.16. The molecule has 7 nitrogen and oxygen atoms in total. The monoisotopic (exact) mass is 390 g/mol. The van der Waals surface area contributed by atoms with Crippen LogP contribution < -0.4 is 10.0 Å². The first kappa shape index (κ1) is 20.4. The Morgan fingerprint density at radius 3 is 2.44 bits per heavy atom. The van der Waals surface area contributed by atoms with Gasteiger partial charge in [0, 0.05) is 11.7 Å². The van der Waals surface area contributed by atoms with Crippen LogP contribution in [-0.2, 0) is 19.6 Å². The summed E-state index contributed by atoms with van der Waals surface area (Å²) in [6.07, 6.45) is 0.767. The number of esters is 1. The summed E-state index contributed by atoms with van der Waals surface area (Å²) in [4.78, 5) is 23.9. The predicted octanol–water partition coefficient (Wildman–Crippen LogP) is 2.56. The Morgan fingerprint density at radius 2 is 1.78 bits per heavy atom. The molecule has 0 aromatic heterocycles. The number of ether oxygens (including phenoxy) is 1. The van der Waals surface area contributed by atoms with E-state index >= 15 is 0 Å². The van der Waals surface area contributed by atoms with E-state index in [9.17, 15) is 18.0 Å². The van der Waals surface area contributed by atoms with Gasteiger partial charge in [-0.15, -0.1) is 0 Å². The van der Waals surface area contributed by atoms with Crippen LogP contribution in [0.5, 0.6) is 0 Å². The molecule has 0 saturated heterocycles. The Labute approximate surface area is 158 Å². The van der Waals surface area contributed by atoms with Crippen LogP contribution in [0.3, 0.4) is 0 Å². The van der Waals surface area contributed by atoms with Gasteiger partial charge in [-0.1, -0.05) is 31.2 Å². The maximum Gasteiger partial charge on any atom is 0.338 e. The third kappa shape index (κ3) is 6.10. The minimum atomic E-state index is -3.76. The van der Waals surface area contributed by atoms with Gasteiger partial charge in [-0.05, 0) is 43.7 Å². The predicted molar refractivity (Wildman–Crippen MR) is 102 cm³/mol. The quantitative estimate of drug-likeness (QED) is 0.675. The maximum atomic E-state index is 12.3. The van der Waals surface area contributed by atoms with E-state index in [1.807, 2.05) is 13.8 Å². The lowest BCUT2D eigenvalue weighted by Crippen LogP contribution is -2.35. The molecule has 0 bridgehead atoms. The van der Waals surface area contributed by atoms with Gasteiger partial charge in [0.15, 0.2) is 6.61 Å². The fourth-order valence-corrected chi connectivity index (χ4v) is 3.23. The van der Waals surface area contributed by atoms with Crippen molar-refractivity contribution in [3.8, 4) is 0 Å². The molecule has 0 spiro atoms. The van der Waals surface area contributed by atoms with Gasteiger partial charge in [-0.25, -0.2) is 13.2 Å². The first-order valence-corrected chi connectivity index (χ1v) is 9.94. The van der Waals surface area contributed by atoms with Crippen LogP contribution in [0, 0.1) is 0 Å². The summed E-state index contributed by atoms with van der Waals surface area (Å²) in [6, 6.07) is 13.8. The summed E-state index contributed by atoms with van der Waals surface area (Å²) in [5.41, 5.74) is 0.358. The van der Waals surface area contributed by atoms with Crippen molar-refractivity contribution in [3.05, 3.63) is 60.2 Å². The molecular weight excluding hydrogens is 368 g/mol. The number of rotatable bonds is 8. The number of carbonyl (C=O) groups is 2. The minimum absolute atomic E-state index is 0.00748. The number of benzene rings is 2. The highest BCUT2D eigenvalue weighted by atomic mass is 32.2. The van der Waals surface area contributed by atoms with Crippen molar-refractivity contribution in [2.75, 3.05) is 11.3 Å². The third-order valence-electron chi connectivity index (χ3n) is 3.76. The van der Waals surface area contributed by atoms with Crippen molar-refractivity contribution in [2.24, 2.45) is 0 Å². The number of carbonyl (C=O) groups excluding carboxylic acids is 2. The van der Waals surface area contributed by atoms with Crippen LogP contribution in [-0.4, -0.2) is 32.9 Å². The molecule has 0 fully saturated rings. The Bertz CT molecular complexity index is 897. The molecule has 8 heteroatoms. The van der Waals surface area contributed by atoms with Gasteiger partial charge in [0.05, 0.1) is 10.5 Å². The van der Waals surface area contributed by atoms with Crippen LogP contribution in [0.4, 0.5) is 5.69 Å². The molecule has 0 heterocycles. The molecule has 2 rings (SSSR count). The van der Waals surface area contributed by atoms with Crippen molar-refractivity contribution < 1.29 is 22.7 Å². The molecule has 144 valence electrons. The second-order valence-corrected chi connectivity index (χ2v) is 7.63. The number of anilines is 1. The molecule has 1 atom stereocenters. The molecule has 2 aromatic carbocycles. The molecule has 2 N–H and O–H groups in total. The number of hydrogen-bond donors (Lipinski definition) is 2. The second-order valence-electron chi connectivity index (χ2n) is 5.95. The van der Waals surface area contributed by atoms with Gasteiger partial charge in [0.25, 0.3) is 15.9 Å². The van der Waals surface area contributed by atoms with Crippen LogP contribution in [0.2, 0.25) is 0 Å². The summed E-state index contributed by atoms with van der Waals surface area (Å²) < 4.78 is 32.1. The van der Waals surface area contributed by atoms with Gasteiger partial charge in [-0.2, -0.15) is 0 Å². The topological polar surface area (TPSA) is 102 Å². The smallest absolute Gasteiger partial charge is 0.338 e. The third-order valence-corrected chi connectivity index (χ3v) is 5.16. The van der Waals surface area contributed by atoms with Crippen LogP contribution in [0.1, 0.15) is 30.6 Å². The van der Waals surface area contributed by atoms with E-state index < -0.39 is 28.5 Å². The van der Waals surface area contributed by atoms with E-state index in [1.54, 1.807) is 18.2 Å². The zero-order valence-corrected chi connectivity index (χ0v) is 16.0. The summed E-state index contributed by atoms with van der Waals surface area (Å²) in [5, 5.41) is 2.69. The van der Waals surface area contributed by atoms with E-state index in [0.29, 0.717) is 0 Å². The SMILES string of the molecule is CC[C@H](C)NC(=O)COC(=O)c1cccc(NS(=O)(=O)c2ccccc2)c1.